The van der Waals surface area contributed by atoms with Crippen molar-refractivity contribution in [3.8, 4) is 0 Å². The summed E-state index contributed by atoms with van der Waals surface area (Å²) in [6, 6.07) is 13.1. The number of carbonyl (C=O) groups excluding carboxylic acids is 2. The van der Waals surface area contributed by atoms with Crippen molar-refractivity contribution in [1.29, 1.82) is 0 Å². The fraction of sp³-hybridized carbons (Fsp3) is 0.222. The highest BCUT2D eigenvalue weighted by atomic mass is 16.5. The SMILES string of the molecule is COC(=O)CNC(=O)c1ccccc1Nc1cccc(C)c1C. The van der Waals surface area contributed by atoms with E-state index in [1.807, 2.05) is 44.2 Å². The largest absolute Gasteiger partial charge is 0.468 e. The van der Waals surface area contributed by atoms with Crippen molar-refractivity contribution in [3.05, 3.63) is 59.2 Å². The maximum absolute atomic E-state index is 12.3. The summed E-state index contributed by atoms with van der Waals surface area (Å²) in [6.07, 6.45) is 0. The van der Waals surface area contributed by atoms with Crippen LogP contribution in [-0.4, -0.2) is 25.5 Å². The van der Waals surface area contributed by atoms with E-state index in [1.54, 1.807) is 12.1 Å². The molecule has 5 nitrogen and oxygen atoms in total. The van der Waals surface area contributed by atoms with Gasteiger partial charge in [0.25, 0.3) is 5.91 Å². The summed E-state index contributed by atoms with van der Waals surface area (Å²) < 4.78 is 4.52. The molecule has 0 aliphatic carbocycles. The van der Waals surface area contributed by atoms with E-state index in [0.29, 0.717) is 11.3 Å². The van der Waals surface area contributed by atoms with E-state index in [0.717, 1.165) is 11.3 Å². The first-order chi connectivity index (χ1) is 11.0. The van der Waals surface area contributed by atoms with Crippen LogP contribution in [0.5, 0.6) is 0 Å². The van der Waals surface area contributed by atoms with Crippen LogP contribution in [0.4, 0.5) is 11.4 Å². The molecule has 2 N–H and O–H groups in total. The van der Waals surface area contributed by atoms with Gasteiger partial charge in [-0.3, -0.25) is 9.59 Å². The van der Waals surface area contributed by atoms with Gasteiger partial charge < -0.3 is 15.4 Å². The van der Waals surface area contributed by atoms with E-state index in [9.17, 15) is 9.59 Å². The maximum Gasteiger partial charge on any atom is 0.325 e. The smallest absolute Gasteiger partial charge is 0.325 e. The second-order valence-electron chi connectivity index (χ2n) is 5.18. The molecule has 0 saturated heterocycles. The zero-order valence-electron chi connectivity index (χ0n) is 13.5. The Labute approximate surface area is 135 Å². The summed E-state index contributed by atoms with van der Waals surface area (Å²) in [7, 11) is 1.28. The third-order valence-electron chi connectivity index (χ3n) is 3.67. The van der Waals surface area contributed by atoms with Gasteiger partial charge in [0, 0.05) is 5.69 Å². The predicted molar refractivity (Wildman–Crippen MR) is 90.0 cm³/mol. The van der Waals surface area contributed by atoms with Gasteiger partial charge >= 0.3 is 5.97 Å². The van der Waals surface area contributed by atoms with Crippen LogP contribution in [0, 0.1) is 13.8 Å². The molecule has 2 aromatic rings. The first kappa shape index (κ1) is 16.5. The highest BCUT2D eigenvalue weighted by molar-refractivity contribution is 6.01. The Morgan fingerprint density at radius 3 is 2.43 bits per heavy atom. The van der Waals surface area contributed by atoms with E-state index in [2.05, 4.69) is 15.4 Å². The molecule has 0 aliphatic rings. The fourth-order valence-electron chi connectivity index (χ4n) is 2.14. The summed E-state index contributed by atoms with van der Waals surface area (Å²) in [5, 5.41) is 5.84. The molecule has 23 heavy (non-hydrogen) atoms. The molecule has 2 rings (SSSR count). The fourth-order valence-corrected chi connectivity index (χ4v) is 2.14. The number of anilines is 2. The molecule has 0 aliphatic heterocycles. The normalized spacial score (nSPS) is 10.0. The van der Waals surface area contributed by atoms with Gasteiger partial charge in [-0.1, -0.05) is 24.3 Å². The summed E-state index contributed by atoms with van der Waals surface area (Å²) >= 11 is 0. The minimum Gasteiger partial charge on any atom is -0.468 e. The van der Waals surface area contributed by atoms with E-state index in [4.69, 9.17) is 0 Å². The Morgan fingerprint density at radius 1 is 1.00 bits per heavy atom. The standard InChI is InChI=1S/C18H20N2O3/c1-12-7-6-10-15(13(12)2)20-16-9-5-4-8-14(16)18(22)19-11-17(21)23-3/h4-10,20H,11H2,1-3H3,(H,19,22). The van der Waals surface area contributed by atoms with Gasteiger partial charge in [0.05, 0.1) is 18.4 Å². The van der Waals surface area contributed by atoms with Gasteiger partial charge in [0.1, 0.15) is 6.54 Å². The van der Waals surface area contributed by atoms with Gasteiger partial charge in [-0.25, -0.2) is 0 Å². The lowest BCUT2D eigenvalue weighted by molar-refractivity contribution is -0.139. The number of aryl methyl sites for hydroxylation is 1. The van der Waals surface area contributed by atoms with Crippen LogP contribution in [0.3, 0.4) is 0 Å². The zero-order chi connectivity index (χ0) is 16.8. The average molecular weight is 312 g/mol. The molecule has 0 unspecified atom stereocenters. The van der Waals surface area contributed by atoms with Gasteiger partial charge in [-0.2, -0.15) is 0 Å². The Balaban J connectivity index is 2.22. The average Bonchev–Trinajstić information content (AvgIpc) is 2.57. The second-order valence-corrected chi connectivity index (χ2v) is 5.18. The molecular weight excluding hydrogens is 292 g/mol. The highest BCUT2D eigenvalue weighted by Gasteiger charge is 2.13. The topological polar surface area (TPSA) is 67.4 Å². The molecular formula is C18H20N2O3. The Morgan fingerprint density at radius 2 is 1.70 bits per heavy atom. The Hall–Kier alpha value is -2.82. The van der Waals surface area contributed by atoms with E-state index >= 15 is 0 Å². The lowest BCUT2D eigenvalue weighted by Gasteiger charge is -2.14. The molecule has 1 amide bonds. The zero-order valence-corrected chi connectivity index (χ0v) is 13.5. The Bertz CT molecular complexity index is 726. The molecule has 5 heteroatoms. The minimum absolute atomic E-state index is 0.160. The molecule has 0 spiro atoms. The molecule has 0 bridgehead atoms. The number of hydrogen-bond acceptors (Lipinski definition) is 4. The first-order valence-corrected chi connectivity index (χ1v) is 7.30. The number of hydrogen-bond donors (Lipinski definition) is 2. The lowest BCUT2D eigenvalue weighted by Crippen LogP contribution is -2.30. The van der Waals surface area contributed by atoms with Gasteiger partial charge in [-0.15, -0.1) is 0 Å². The minimum atomic E-state index is -0.488. The summed E-state index contributed by atoms with van der Waals surface area (Å²) in [4.78, 5) is 23.4. The van der Waals surface area contributed by atoms with Crippen molar-refractivity contribution in [2.45, 2.75) is 13.8 Å². The van der Waals surface area contributed by atoms with E-state index in [-0.39, 0.29) is 12.5 Å². The summed E-state index contributed by atoms with van der Waals surface area (Å²) in [6.45, 7) is 3.90. The number of benzene rings is 2. The number of rotatable bonds is 5. The molecule has 2 aromatic carbocycles. The van der Waals surface area contributed by atoms with Crippen LogP contribution in [-0.2, 0) is 9.53 Å². The van der Waals surface area contributed by atoms with Crippen LogP contribution in [0.1, 0.15) is 21.5 Å². The Kier molecular flexibility index (Phi) is 5.36. The van der Waals surface area contributed by atoms with Crippen molar-refractivity contribution in [2.24, 2.45) is 0 Å². The molecule has 0 atom stereocenters. The molecule has 0 fully saturated rings. The van der Waals surface area contributed by atoms with Crippen LogP contribution >= 0.6 is 0 Å². The number of nitrogens with one attached hydrogen (secondary N) is 2. The first-order valence-electron chi connectivity index (χ1n) is 7.30. The number of amides is 1. The quantitative estimate of drug-likeness (QED) is 0.833. The summed E-state index contributed by atoms with van der Waals surface area (Å²) in [5.41, 5.74) is 4.39. The van der Waals surface area contributed by atoms with Crippen LogP contribution in [0.2, 0.25) is 0 Å². The van der Waals surface area contributed by atoms with Crippen LogP contribution in [0.15, 0.2) is 42.5 Å². The van der Waals surface area contributed by atoms with Crippen molar-refractivity contribution < 1.29 is 14.3 Å². The van der Waals surface area contributed by atoms with Crippen molar-refractivity contribution in [3.63, 3.8) is 0 Å². The van der Waals surface area contributed by atoms with Gasteiger partial charge in [0.2, 0.25) is 0 Å². The second kappa shape index (κ2) is 7.45. The van der Waals surface area contributed by atoms with E-state index < -0.39 is 5.97 Å². The van der Waals surface area contributed by atoms with Gasteiger partial charge in [-0.05, 0) is 43.2 Å². The maximum atomic E-state index is 12.3. The van der Waals surface area contributed by atoms with Crippen molar-refractivity contribution >= 4 is 23.3 Å². The predicted octanol–water partition coefficient (Wildman–Crippen LogP) is 2.95. The van der Waals surface area contributed by atoms with Crippen LogP contribution in [0.25, 0.3) is 0 Å². The molecule has 0 heterocycles. The molecule has 0 saturated carbocycles. The third kappa shape index (κ3) is 4.10. The number of methoxy groups -OCH3 is 1. The van der Waals surface area contributed by atoms with E-state index in [1.165, 1.54) is 12.7 Å². The number of para-hydroxylation sites is 1. The third-order valence-corrected chi connectivity index (χ3v) is 3.67. The van der Waals surface area contributed by atoms with Crippen LogP contribution < -0.4 is 10.6 Å². The van der Waals surface area contributed by atoms with Crippen molar-refractivity contribution in [1.82, 2.24) is 5.32 Å². The monoisotopic (exact) mass is 312 g/mol. The lowest BCUT2D eigenvalue weighted by atomic mass is 10.1. The molecule has 0 radical (unpaired) electrons. The molecule has 0 aromatic heterocycles. The van der Waals surface area contributed by atoms with Crippen molar-refractivity contribution in [2.75, 3.05) is 19.0 Å². The number of ether oxygens (including phenoxy) is 1. The molecule has 120 valence electrons. The van der Waals surface area contributed by atoms with Gasteiger partial charge in [0.15, 0.2) is 0 Å². The number of esters is 1. The highest BCUT2D eigenvalue weighted by Crippen LogP contribution is 2.25. The number of carbonyl (C=O) groups is 2. The summed E-state index contributed by atoms with van der Waals surface area (Å²) in [5.74, 6) is -0.817.